The SMILES string of the molecule is CCCC1CCNC2(CCNC2)O1. The maximum absolute atomic E-state index is 6.10. The van der Waals surface area contributed by atoms with E-state index in [-0.39, 0.29) is 5.72 Å². The molecule has 2 N–H and O–H groups in total. The molecule has 2 rings (SSSR count). The third-order valence-electron chi connectivity index (χ3n) is 3.03. The molecular weight excluding hydrogens is 164 g/mol. The summed E-state index contributed by atoms with van der Waals surface area (Å²) in [4.78, 5) is 0. The van der Waals surface area contributed by atoms with Gasteiger partial charge < -0.3 is 10.1 Å². The van der Waals surface area contributed by atoms with Crippen molar-refractivity contribution < 1.29 is 4.74 Å². The predicted molar refractivity (Wildman–Crippen MR) is 52.6 cm³/mol. The van der Waals surface area contributed by atoms with Crippen LogP contribution in [0.4, 0.5) is 0 Å². The summed E-state index contributed by atoms with van der Waals surface area (Å²) in [5.74, 6) is 0. The number of rotatable bonds is 2. The maximum Gasteiger partial charge on any atom is 0.133 e. The van der Waals surface area contributed by atoms with Crippen molar-refractivity contribution in [2.75, 3.05) is 19.6 Å². The van der Waals surface area contributed by atoms with Gasteiger partial charge in [0.15, 0.2) is 0 Å². The lowest BCUT2D eigenvalue weighted by molar-refractivity contribution is -0.132. The van der Waals surface area contributed by atoms with Gasteiger partial charge in [-0.1, -0.05) is 13.3 Å². The standard InChI is InChI=1S/C10H20N2O/c1-2-3-9-4-6-12-10(13-9)5-7-11-8-10/h9,11-12H,2-8H2,1H3. The monoisotopic (exact) mass is 184 g/mol. The van der Waals surface area contributed by atoms with Crippen LogP contribution in [0.25, 0.3) is 0 Å². The van der Waals surface area contributed by atoms with Crippen molar-refractivity contribution >= 4 is 0 Å². The molecule has 0 aromatic heterocycles. The van der Waals surface area contributed by atoms with Crippen LogP contribution in [0.15, 0.2) is 0 Å². The molecule has 2 aliphatic rings. The van der Waals surface area contributed by atoms with Gasteiger partial charge >= 0.3 is 0 Å². The van der Waals surface area contributed by atoms with Gasteiger partial charge in [-0.15, -0.1) is 0 Å². The second-order valence-electron chi connectivity index (χ2n) is 4.17. The van der Waals surface area contributed by atoms with E-state index in [4.69, 9.17) is 4.74 Å². The Morgan fingerprint density at radius 3 is 3.08 bits per heavy atom. The molecule has 0 aliphatic carbocycles. The van der Waals surface area contributed by atoms with Gasteiger partial charge in [0, 0.05) is 19.5 Å². The molecule has 0 bridgehead atoms. The van der Waals surface area contributed by atoms with Gasteiger partial charge in [-0.05, 0) is 19.4 Å². The minimum Gasteiger partial charge on any atom is -0.356 e. The van der Waals surface area contributed by atoms with E-state index in [2.05, 4.69) is 17.6 Å². The highest BCUT2D eigenvalue weighted by atomic mass is 16.5. The van der Waals surface area contributed by atoms with Gasteiger partial charge in [0.2, 0.25) is 0 Å². The summed E-state index contributed by atoms with van der Waals surface area (Å²) < 4.78 is 6.10. The highest BCUT2D eigenvalue weighted by molar-refractivity contribution is 4.91. The Morgan fingerprint density at radius 2 is 2.38 bits per heavy atom. The molecule has 2 saturated heterocycles. The molecule has 0 aromatic rings. The molecule has 13 heavy (non-hydrogen) atoms. The van der Waals surface area contributed by atoms with Crippen LogP contribution in [-0.4, -0.2) is 31.5 Å². The van der Waals surface area contributed by atoms with E-state index in [9.17, 15) is 0 Å². The van der Waals surface area contributed by atoms with E-state index in [0.29, 0.717) is 6.10 Å². The smallest absolute Gasteiger partial charge is 0.133 e. The Bertz CT molecular complexity index is 164. The average molecular weight is 184 g/mol. The molecule has 2 heterocycles. The zero-order valence-electron chi connectivity index (χ0n) is 8.44. The molecule has 0 amide bonds. The van der Waals surface area contributed by atoms with Crippen LogP contribution in [0, 0.1) is 0 Å². The first-order chi connectivity index (χ1) is 6.35. The van der Waals surface area contributed by atoms with Crippen molar-refractivity contribution in [3.8, 4) is 0 Å². The Kier molecular flexibility index (Phi) is 2.86. The van der Waals surface area contributed by atoms with E-state index in [1.807, 2.05) is 0 Å². The van der Waals surface area contributed by atoms with Crippen LogP contribution in [0.1, 0.15) is 32.6 Å². The molecule has 0 saturated carbocycles. The number of hydrogen-bond acceptors (Lipinski definition) is 3. The third-order valence-corrected chi connectivity index (χ3v) is 3.03. The van der Waals surface area contributed by atoms with Crippen LogP contribution in [0.3, 0.4) is 0 Å². The lowest BCUT2D eigenvalue weighted by Gasteiger charge is -2.39. The summed E-state index contributed by atoms with van der Waals surface area (Å²) in [6.45, 7) is 5.41. The lowest BCUT2D eigenvalue weighted by Crippen LogP contribution is -2.56. The highest BCUT2D eigenvalue weighted by Crippen LogP contribution is 2.25. The fourth-order valence-corrected chi connectivity index (χ4v) is 2.33. The van der Waals surface area contributed by atoms with Gasteiger partial charge in [-0.3, -0.25) is 5.32 Å². The molecule has 2 atom stereocenters. The first-order valence-electron chi connectivity index (χ1n) is 5.48. The van der Waals surface area contributed by atoms with Crippen molar-refractivity contribution in [2.45, 2.75) is 44.4 Å². The number of ether oxygens (including phenoxy) is 1. The van der Waals surface area contributed by atoms with Gasteiger partial charge in [0.1, 0.15) is 5.72 Å². The van der Waals surface area contributed by atoms with E-state index < -0.39 is 0 Å². The van der Waals surface area contributed by atoms with Gasteiger partial charge in [0.25, 0.3) is 0 Å². The maximum atomic E-state index is 6.10. The van der Waals surface area contributed by atoms with Crippen molar-refractivity contribution in [3.05, 3.63) is 0 Å². The minimum atomic E-state index is -0.0158. The van der Waals surface area contributed by atoms with Crippen LogP contribution in [0.5, 0.6) is 0 Å². The van der Waals surface area contributed by atoms with Gasteiger partial charge in [-0.25, -0.2) is 0 Å². The molecule has 0 radical (unpaired) electrons. The highest BCUT2D eigenvalue weighted by Gasteiger charge is 2.38. The first kappa shape index (κ1) is 9.44. The van der Waals surface area contributed by atoms with Crippen molar-refractivity contribution in [1.82, 2.24) is 10.6 Å². The molecule has 2 unspecified atom stereocenters. The van der Waals surface area contributed by atoms with Gasteiger partial charge in [-0.2, -0.15) is 0 Å². The Morgan fingerprint density at radius 1 is 1.46 bits per heavy atom. The van der Waals surface area contributed by atoms with Gasteiger partial charge in [0.05, 0.1) is 6.10 Å². The molecule has 2 fully saturated rings. The van der Waals surface area contributed by atoms with Crippen LogP contribution in [-0.2, 0) is 4.74 Å². The zero-order chi connectivity index (χ0) is 9.15. The summed E-state index contributed by atoms with van der Waals surface area (Å²) in [7, 11) is 0. The Labute approximate surface area is 80.2 Å². The summed E-state index contributed by atoms with van der Waals surface area (Å²) in [5, 5.41) is 6.86. The predicted octanol–water partition coefficient (Wildman–Crippen LogP) is 0.855. The molecule has 3 nitrogen and oxygen atoms in total. The summed E-state index contributed by atoms with van der Waals surface area (Å²) >= 11 is 0. The molecule has 2 aliphatic heterocycles. The molecule has 3 heteroatoms. The van der Waals surface area contributed by atoms with E-state index >= 15 is 0 Å². The van der Waals surface area contributed by atoms with Crippen molar-refractivity contribution in [2.24, 2.45) is 0 Å². The van der Waals surface area contributed by atoms with E-state index in [0.717, 1.165) is 26.1 Å². The first-order valence-corrected chi connectivity index (χ1v) is 5.48. The topological polar surface area (TPSA) is 33.3 Å². The van der Waals surface area contributed by atoms with Crippen LogP contribution < -0.4 is 10.6 Å². The summed E-state index contributed by atoms with van der Waals surface area (Å²) in [6, 6.07) is 0. The Balaban J connectivity index is 1.90. The number of nitrogens with one attached hydrogen (secondary N) is 2. The molecule has 0 aromatic carbocycles. The molecule has 76 valence electrons. The van der Waals surface area contributed by atoms with Crippen LogP contribution in [0.2, 0.25) is 0 Å². The largest absolute Gasteiger partial charge is 0.356 e. The van der Waals surface area contributed by atoms with E-state index in [1.54, 1.807) is 0 Å². The van der Waals surface area contributed by atoms with E-state index in [1.165, 1.54) is 19.3 Å². The second kappa shape index (κ2) is 3.95. The lowest BCUT2D eigenvalue weighted by atomic mass is 10.1. The third kappa shape index (κ3) is 2.03. The summed E-state index contributed by atoms with van der Waals surface area (Å²) in [5.41, 5.74) is -0.0158. The fraction of sp³-hybridized carbons (Fsp3) is 1.00. The normalized spacial score (nSPS) is 39.9. The van der Waals surface area contributed by atoms with Crippen LogP contribution >= 0.6 is 0 Å². The zero-order valence-corrected chi connectivity index (χ0v) is 8.44. The minimum absolute atomic E-state index is 0.0158. The quantitative estimate of drug-likeness (QED) is 0.667. The number of hydrogen-bond donors (Lipinski definition) is 2. The second-order valence-corrected chi connectivity index (χ2v) is 4.17. The molecule has 1 spiro atoms. The van der Waals surface area contributed by atoms with Crippen molar-refractivity contribution in [1.29, 1.82) is 0 Å². The summed E-state index contributed by atoms with van der Waals surface area (Å²) in [6.07, 6.45) is 5.23. The molecular formula is C10H20N2O. The average Bonchev–Trinajstić information content (AvgIpc) is 2.54. The van der Waals surface area contributed by atoms with Crippen molar-refractivity contribution in [3.63, 3.8) is 0 Å². The fourth-order valence-electron chi connectivity index (χ4n) is 2.33. The Hall–Kier alpha value is -0.120.